The van der Waals surface area contributed by atoms with Crippen LogP contribution in [0.1, 0.15) is 56.3 Å². The summed E-state index contributed by atoms with van der Waals surface area (Å²) in [5.74, 6) is 1.24. The third kappa shape index (κ3) is 3.96. The molecule has 2 N–H and O–H groups in total. The van der Waals surface area contributed by atoms with E-state index in [1.807, 2.05) is 16.8 Å². The standard InChI is InChI=1S/C25H28N8O/c1-15(2)23(33-28-12-13-29-33)19-7-6-18(14-16(19)3)30-24-22-21(9-11-27-25(22)34)32(31-24)20(8-10-26)17-4-5-17/h6-7,9,11-15,17,20,23H,4-5,8H2,1-3H3,(H,27,34)(H,30,31)/t20-,23+/m0/s1. The summed E-state index contributed by atoms with van der Waals surface area (Å²) in [6.07, 6.45) is 7.57. The quantitative estimate of drug-likeness (QED) is 0.404. The third-order valence-corrected chi connectivity index (χ3v) is 6.58. The van der Waals surface area contributed by atoms with Crippen molar-refractivity contribution in [3.63, 3.8) is 0 Å². The van der Waals surface area contributed by atoms with Gasteiger partial charge < -0.3 is 10.3 Å². The highest BCUT2D eigenvalue weighted by Crippen LogP contribution is 2.43. The van der Waals surface area contributed by atoms with Crippen molar-refractivity contribution >= 4 is 22.4 Å². The zero-order valence-electron chi connectivity index (χ0n) is 19.6. The molecule has 1 aromatic carbocycles. The molecule has 4 aromatic rings. The lowest BCUT2D eigenvalue weighted by Gasteiger charge is -2.23. The van der Waals surface area contributed by atoms with E-state index in [4.69, 9.17) is 5.10 Å². The summed E-state index contributed by atoms with van der Waals surface area (Å²) in [4.78, 5) is 17.3. The van der Waals surface area contributed by atoms with Crippen molar-refractivity contribution in [3.8, 4) is 6.07 Å². The van der Waals surface area contributed by atoms with Crippen molar-refractivity contribution in [2.24, 2.45) is 11.8 Å². The van der Waals surface area contributed by atoms with Crippen LogP contribution in [0.2, 0.25) is 0 Å². The lowest BCUT2D eigenvalue weighted by molar-refractivity contribution is 0.363. The number of H-pyrrole nitrogens is 1. The molecule has 0 radical (unpaired) electrons. The van der Waals surface area contributed by atoms with E-state index >= 15 is 0 Å². The van der Waals surface area contributed by atoms with E-state index in [1.165, 1.54) is 0 Å². The van der Waals surface area contributed by atoms with Crippen molar-refractivity contribution < 1.29 is 0 Å². The second-order valence-electron chi connectivity index (χ2n) is 9.36. The van der Waals surface area contributed by atoms with Gasteiger partial charge in [0.05, 0.1) is 42.5 Å². The highest BCUT2D eigenvalue weighted by Gasteiger charge is 2.34. The maximum atomic E-state index is 12.8. The minimum Gasteiger partial charge on any atom is -0.338 e. The zero-order valence-corrected chi connectivity index (χ0v) is 19.6. The fourth-order valence-corrected chi connectivity index (χ4v) is 4.81. The topological polar surface area (TPSA) is 117 Å². The number of aryl methyl sites for hydroxylation is 1. The van der Waals surface area contributed by atoms with Crippen molar-refractivity contribution in [2.75, 3.05) is 5.32 Å². The smallest absolute Gasteiger partial charge is 0.261 e. The molecule has 3 aromatic heterocycles. The molecule has 1 aliphatic rings. The maximum absolute atomic E-state index is 12.8. The van der Waals surface area contributed by atoms with Gasteiger partial charge in [-0.3, -0.25) is 9.48 Å². The van der Waals surface area contributed by atoms with Crippen molar-refractivity contribution in [3.05, 3.63) is 64.3 Å². The molecule has 0 bridgehead atoms. The molecule has 1 aliphatic carbocycles. The molecule has 0 saturated heterocycles. The van der Waals surface area contributed by atoms with Crippen molar-refractivity contribution in [1.29, 1.82) is 5.26 Å². The number of nitriles is 1. The summed E-state index contributed by atoms with van der Waals surface area (Å²) in [5.41, 5.74) is 3.63. The number of benzene rings is 1. The molecule has 9 heteroatoms. The van der Waals surface area contributed by atoms with E-state index in [1.54, 1.807) is 23.4 Å². The number of anilines is 2. The van der Waals surface area contributed by atoms with Crippen LogP contribution in [0.25, 0.3) is 10.9 Å². The van der Waals surface area contributed by atoms with Crippen molar-refractivity contribution in [1.82, 2.24) is 29.8 Å². The molecule has 174 valence electrons. The van der Waals surface area contributed by atoms with Gasteiger partial charge in [0.2, 0.25) is 0 Å². The molecule has 0 unspecified atom stereocenters. The number of nitrogens with zero attached hydrogens (tertiary/aromatic N) is 6. The first kappa shape index (κ1) is 21.9. The third-order valence-electron chi connectivity index (χ3n) is 6.58. The average molecular weight is 457 g/mol. The van der Waals surface area contributed by atoms with Crippen LogP contribution in [0.4, 0.5) is 11.5 Å². The Balaban J connectivity index is 1.52. The van der Waals surface area contributed by atoms with Gasteiger partial charge in [-0.2, -0.15) is 25.4 Å². The van der Waals surface area contributed by atoms with Gasteiger partial charge in [-0.15, -0.1) is 0 Å². The molecular formula is C25H28N8O. The van der Waals surface area contributed by atoms with Crippen LogP contribution in [0, 0.1) is 30.1 Å². The maximum Gasteiger partial charge on any atom is 0.261 e. The predicted octanol–water partition coefficient (Wildman–Crippen LogP) is 4.48. The molecule has 1 fully saturated rings. The molecule has 34 heavy (non-hydrogen) atoms. The minimum absolute atomic E-state index is 0.0252. The fraction of sp³-hybridized carbons (Fsp3) is 0.400. The number of fused-ring (bicyclic) bond motifs is 1. The van der Waals surface area contributed by atoms with Gasteiger partial charge in [0.15, 0.2) is 5.82 Å². The van der Waals surface area contributed by atoms with E-state index < -0.39 is 0 Å². The molecule has 2 atom stereocenters. The number of rotatable bonds is 8. The summed E-state index contributed by atoms with van der Waals surface area (Å²) in [5, 5.41) is 26.7. The number of nitrogens with one attached hydrogen (secondary N) is 2. The fourth-order valence-electron chi connectivity index (χ4n) is 4.81. The van der Waals surface area contributed by atoms with Gasteiger partial charge in [0.25, 0.3) is 5.56 Å². The van der Waals surface area contributed by atoms with E-state index in [9.17, 15) is 10.1 Å². The van der Waals surface area contributed by atoms with Crippen LogP contribution in [0.15, 0.2) is 47.7 Å². The number of pyridine rings is 1. The molecule has 0 amide bonds. The highest BCUT2D eigenvalue weighted by atomic mass is 16.1. The molecule has 3 heterocycles. The number of hydrogen-bond donors (Lipinski definition) is 2. The van der Waals surface area contributed by atoms with Crippen LogP contribution in [-0.4, -0.2) is 29.8 Å². The summed E-state index contributed by atoms with van der Waals surface area (Å²) in [7, 11) is 0. The molecular weight excluding hydrogens is 428 g/mol. The summed E-state index contributed by atoms with van der Waals surface area (Å²) in [6, 6.07) is 10.3. The number of aromatic nitrogens is 6. The zero-order chi connectivity index (χ0) is 23.8. The molecule has 1 saturated carbocycles. The largest absolute Gasteiger partial charge is 0.338 e. The second-order valence-corrected chi connectivity index (χ2v) is 9.36. The van der Waals surface area contributed by atoms with Gasteiger partial charge in [-0.1, -0.05) is 19.9 Å². The van der Waals surface area contributed by atoms with Gasteiger partial charge >= 0.3 is 0 Å². The Bertz CT molecular complexity index is 1410. The first-order valence-electron chi connectivity index (χ1n) is 11.7. The minimum atomic E-state index is -0.198. The van der Waals surface area contributed by atoms with Crippen LogP contribution in [0.3, 0.4) is 0 Å². The van der Waals surface area contributed by atoms with Gasteiger partial charge in [-0.05, 0) is 60.9 Å². The van der Waals surface area contributed by atoms with E-state index in [0.29, 0.717) is 29.5 Å². The van der Waals surface area contributed by atoms with E-state index in [-0.39, 0.29) is 17.6 Å². The molecule has 9 nitrogen and oxygen atoms in total. The Morgan fingerprint density at radius 2 is 2.00 bits per heavy atom. The average Bonchev–Trinajstić information content (AvgIpc) is 3.38. The van der Waals surface area contributed by atoms with Crippen LogP contribution in [0.5, 0.6) is 0 Å². The normalized spacial score (nSPS) is 15.4. The first-order valence-corrected chi connectivity index (χ1v) is 11.7. The lowest BCUT2D eigenvalue weighted by Crippen LogP contribution is -2.20. The Morgan fingerprint density at radius 3 is 2.65 bits per heavy atom. The second kappa shape index (κ2) is 8.78. The molecule has 0 aliphatic heterocycles. The summed E-state index contributed by atoms with van der Waals surface area (Å²) < 4.78 is 1.87. The summed E-state index contributed by atoms with van der Waals surface area (Å²) in [6.45, 7) is 6.38. The SMILES string of the molecule is Cc1cc(Nc2nn([C@@H](CC#N)C3CC3)c3cc[nH]c(=O)c23)ccc1[C@@H](C(C)C)n1nccn1. The number of aromatic amines is 1. The van der Waals surface area contributed by atoms with Gasteiger partial charge in [0, 0.05) is 11.9 Å². The van der Waals surface area contributed by atoms with Gasteiger partial charge in [0.1, 0.15) is 5.39 Å². The number of hydrogen-bond acceptors (Lipinski definition) is 6. The van der Waals surface area contributed by atoms with Crippen LogP contribution >= 0.6 is 0 Å². The predicted molar refractivity (Wildman–Crippen MR) is 130 cm³/mol. The highest BCUT2D eigenvalue weighted by molar-refractivity contribution is 5.91. The summed E-state index contributed by atoms with van der Waals surface area (Å²) >= 11 is 0. The lowest BCUT2D eigenvalue weighted by atomic mass is 9.93. The molecule has 0 spiro atoms. The molecule has 5 rings (SSSR count). The first-order chi connectivity index (χ1) is 16.5. The monoisotopic (exact) mass is 456 g/mol. The van der Waals surface area contributed by atoms with Crippen molar-refractivity contribution in [2.45, 2.75) is 52.1 Å². The Kier molecular flexibility index (Phi) is 5.65. The van der Waals surface area contributed by atoms with Crippen LogP contribution in [-0.2, 0) is 0 Å². The van der Waals surface area contributed by atoms with E-state index in [0.717, 1.165) is 35.2 Å². The van der Waals surface area contributed by atoms with Gasteiger partial charge in [-0.25, -0.2) is 0 Å². The van der Waals surface area contributed by atoms with Crippen LogP contribution < -0.4 is 10.9 Å². The Hall–Kier alpha value is -3.93. The van der Waals surface area contributed by atoms with E-state index in [2.05, 4.69) is 59.5 Å². The Labute approximate surface area is 197 Å². The Morgan fingerprint density at radius 1 is 1.24 bits per heavy atom.